The molecule has 1 aliphatic carbocycles. The molecule has 0 unspecified atom stereocenters. The van der Waals surface area contributed by atoms with Crippen molar-refractivity contribution in [2.75, 3.05) is 21.7 Å². The van der Waals surface area contributed by atoms with Crippen LogP contribution in [-0.4, -0.2) is 38.8 Å². The third-order valence-corrected chi connectivity index (χ3v) is 6.56. The Morgan fingerprint density at radius 1 is 1.04 bits per heavy atom. The molecule has 138 valence electrons. The van der Waals surface area contributed by atoms with Crippen LogP contribution in [0.1, 0.15) is 19.3 Å². The van der Waals surface area contributed by atoms with Gasteiger partial charge in [0.2, 0.25) is 0 Å². The average molecular weight is 373 g/mol. The Morgan fingerprint density at radius 3 is 2.38 bits per heavy atom. The van der Waals surface area contributed by atoms with Crippen LogP contribution in [-0.2, 0) is 10.2 Å². The maximum absolute atomic E-state index is 13.2. The highest BCUT2D eigenvalue weighted by Gasteiger charge is 2.41. The van der Waals surface area contributed by atoms with Gasteiger partial charge >= 0.3 is 10.2 Å². The van der Waals surface area contributed by atoms with Crippen LogP contribution in [0.5, 0.6) is 0 Å². The molecule has 6 nitrogen and oxygen atoms in total. The Morgan fingerprint density at radius 2 is 1.69 bits per heavy atom. The zero-order valence-electron chi connectivity index (χ0n) is 14.5. The number of nitrogens with zero attached hydrogens (tertiary/aromatic N) is 2. The van der Waals surface area contributed by atoms with Gasteiger partial charge in [-0.25, -0.2) is 4.31 Å². The van der Waals surface area contributed by atoms with E-state index in [1.165, 1.54) is 8.61 Å². The van der Waals surface area contributed by atoms with Crippen molar-refractivity contribution in [2.45, 2.75) is 31.4 Å². The summed E-state index contributed by atoms with van der Waals surface area (Å²) >= 11 is 0. The first-order valence-corrected chi connectivity index (χ1v) is 10.4. The Kier molecular flexibility index (Phi) is 4.60. The molecule has 26 heavy (non-hydrogen) atoms. The van der Waals surface area contributed by atoms with Gasteiger partial charge in [0, 0.05) is 19.1 Å². The molecule has 0 spiro atoms. The van der Waals surface area contributed by atoms with Crippen molar-refractivity contribution < 1.29 is 13.5 Å². The zero-order chi connectivity index (χ0) is 18.1. The molecule has 1 heterocycles. The third-order valence-electron chi connectivity index (χ3n) is 4.75. The van der Waals surface area contributed by atoms with E-state index >= 15 is 0 Å². The highest BCUT2D eigenvalue weighted by Crippen LogP contribution is 2.45. The summed E-state index contributed by atoms with van der Waals surface area (Å²) in [7, 11) is -3.72. The lowest BCUT2D eigenvalue weighted by atomic mass is 10.2. The highest BCUT2D eigenvalue weighted by molar-refractivity contribution is 7.95. The maximum atomic E-state index is 13.2. The first kappa shape index (κ1) is 17.3. The Bertz CT molecular complexity index is 869. The number of rotatable bonds is 7. The normalized spacial score (nSPS) is 19.4. The van der Waals surface area contributed by atoms with Gasteiger partial charge in [-0.05, 0) is 43.5 Å². The lowest BCUT2D eigenvalue weighted by molar-refractivity contribution is 0.164. The topological polar surface area (TPSA) is 72.9 Å². The zero-order valence-corrected chi connectivity index (χ0v) is 15.3. The standard InChI is InChI=1S/C19H23N3O3S/c23-17(14-20-15-10-11-15)12-13-21-18-8-4-5-9-19(18)22(26(21,24)25)16-6-2-1-3-7-16/h1-9,15,17,20,23H,10-14H2/t17-/m1/s1. The van der Waals surface area contributed by atoms with E-state index < -0.39 is 16.3 Å². The van der Waals surface area contributed by atoms with E-state index in [-0.39, 0.29) is 6.54 Å². The van der Waals surface area contributed by atoms with Crippen LogP contribution < -0.4 is 13.9 Å². The van der Waals surface area contributed by atoms with Gasteiger partial charge in [0.1, 0.15) is 0 Å². The molecular weight excluding hydrogens is 350 g/mol. The minimum absolute atomic E-state index is 0.246. The molecule has 1 saturated carbocycles. The van der Waals surface area contributed by atoms with Crippen LogP contribution in [0.3, 0.4) is 0 Å². The van der Waals surface area contributed by atoms with Gasteiger partial charge in [0.15, 0.2) is 0 Å². The molecule has 2 aromatic carbocycles. The number of nitrogens with one attached hydrogen (secondary N) is 1. The van der Waals surface area contributed by atoms with Crippen LogP contribution in [0.15, 0.2) is 54.6 Å². The van der Waals surface area contributed by atoms with Gasteiger partial charge in [0.05, 0.1) is 23.2 Å². The summed E-state index contributed by atoms with van der Waals surface area (Å²) in [6, 6.07) is 16.9. The lowest BCUT2D eigenvalue weighted by Crippen LogP contribution is -2.38. The van der Waals surface area contributed by atoms with Crippen LogP contribution in [0, 0.1) is 0 Å². The van der Waals surface area contributed by atoms with Gasteiger partial charge in [-0.3, -0.25) is 4.31 Å². The molecule has 0 radical (unpaired) electrons. The van der Waals surface area contributed by atoms with E-state index in [0.717, 1.165) is 12.8 Å². The van der Waals surface area contributed by atoms with Crippen LogP contribution in [0.2, 0.25) is 0 Å². The lowest BCUT2D eigenvalue weighted by Gasteiger charge is -2.23. The molecule has 2 aliphatic rings. The van der Waals surface area contributed by atoms with Gasteiger partial charge in [-0.2, -0.15) is 8.42 Å². The molecule has 1 aliphatic heterocycles. The number of para-hydroxylation sites is 3. The van der Waals surface area contributed by atoms with Crippen molar-refractivity contribution in [3.8, 4) is 0 Å². The van der Waals surface area contributed by atoms with Gasteiger partial charge < -0.3 is 10.4 Å². The fourth-order valence-electron chi connectivity index (χ4n) is 3.22. The maximum Gasteiger partial charge on any atom is 0.330 e. The third kappa shape index (κ3) is 3.30. The summed E-state index contributed by atoms with van der Waals surface area (Å²) in [5.74, 6) is 0. The first-order chi connectivity index (χ1) is 12.6. The minimum atomic E-state index is -3.72. The monoisotopic (exact) mass is 373 g/mol. The summed E-state index contributed by atoms with van der Waals surface area (Å²) < 4.78 is 29.2. The molecule has 1 fully saturated rings. The van der Waals surface area contributed by atoms with E-state index in [4.69, 9.17) is 0 Å². The van der Waals surface area contributed by atoms with Crippen molar-refractivity contribution in [1.29, 1.82) is 0 Å². The summed E-state index contributed by atoms with van der Waals surface area (Å²) in [5, 5.41) is 13.5. The van der Waals surface area contributed by atoms with Crippen LogP contribution >= 0.6 is 0 Å². The molecule has 4 rings (SSSR count). The number of benzene rings is 2. The SMILES string of the molecule is O=S1(=O)N(CC[C@@H](O)CNC2CC2)c2ccccc2N1c1ccccc1. The van der Waals surface area contributed by atoms with E-state index in [9.17, 15) is 13.5 Å². The fourth-order valence-corrected chi connectivity index (χ4v) is 4.95. The van der Waals surface area contributed by atoms with Gasteiger partial charge in [0.25, 0.3) is 0 Å². The highest BCUT2D eigenvalue weighted by atomic mass is 32.2. The number of anilines is 3. The smallest absolute Gasteiger partial charge is 0.330 e. The number of aliphatic hydroxyl groups is 1. The molecule has 0 aromatic heterocycles. The molecular formula is C19H23N3O3S. The largest absolute Gasteiger partial charge is 0.392 e. The first-order valence-electron chi connectivity index (χ1n) is 8.96. The second kappa shape index (κ2) is 6.90. The molecule has 0 amide bonds. The van der Waals surface area contributed by atoms with Crippen molar-refractivity contribution in [1.82, 2.24) is 5.32 Å². The van der Waals surface area contributed by atoms with Crippen molar-refractivity contribution in [2.24, 2.45) is 0 Å². The van der Waals surface area contributed by atoms with E-state index in [0.29, 0.717) is 36.1 Å². The van der Waals surface area contributed by atoms with Crippen molar-refractivity contribution in [3.05, 3.63) is 54.6 Å². The molecule has 1 atom stereocenters. The molecule has 7 heteroatoms. The fraction of sp³-hybridized carbons (Fsp3) is 0.368. The number of hydrogen-bond acceptors (Lipinski definition) is 4. The van der Waals surface area contributed by atoms with E-state index in [1.54, 1.807) is 12.1 Å². The number of hydrogen-bond donors (Lipinski definition) is 2. The van der Waals surface area contributed by atoms with Gasteiger partial charge in [-0.1, -0.05) is 30.3 Å². The Balaban J connectivity index is 1.56. The second-order valence-corrected chi connectivity index (χ2v) is 8.50. The number of aliphatic hydroxyl groups excluding tert-OH is 1. The molecule has 0 saturated heterocycles. The van der Waals surface area contributed by atoms with Crippen molar-refractivity contribution >= 4 is 27.3 Å². The Hall–Kier alpha value is -2.09. The summed E-state index contributed by atoms with van der Waals surface area (Å²) in [5.41, 5.74) is 1.90. The van der Waals surface area contributed by atoms with Crippen LogP contribution in [0.25, 0.3) is 0 Å². The van der Waals surface area contributed by atoms with E-state index in [2.05, 4.69) is 5.32 Å². The molecule has 0 bridgehead atoms. The number of fused-ring (bicyclic) bond motifs is 1. The summed E-state index contributed by atoms with van der Waals surface area (Å²) in [4.78, 5) is 0. The van der Waals surface area contributed by atoms with Crippen molar-refractivity contribution in [3.63, 3.8) is 0 Å². The predicted octanol–water partition coefficient (Wildman–Crippen LogP) is 2.39. The molecule has 2 N–H and O–H groups in total. The Labute approximate surface area is 154 Å². The predicted molar refractivity (Wildman–Crippen MR) is 103 cm³/mol. The quantitative estimate of drug-likeness (QED) is 0.782. The molecule has 2 aromatic rings. The average Bonchev–Trinajstić information content (AvgIpc) is 3.43. The van der Waals surface area contributed by atoms with Crippen LogP contribution in [0.4, 0.5) is 17.1 Å². The summed E-state index contributed by atoms with van der Waals surface area (Å²) in [6.07, 6.45) is 2.14. The summed E-state index contributed by atoms with van der Waals surface area (Å²) in [6.45, 7) is 0.749. The van der Waals surface area contributed by atoms with Gasteiger partial charge in [-0.15, -0.1) is 0 Å². The van der Waals surface area contributed by atoms with E-state index in [1.807, 2.05) is 42.5 Å². The minimum Gasteiger partial charge on any atom is -0.392 e. The second-order valence-electron chi connectivity index (χ2n) is 6.79.